The molecular weight excluding hydrogens is 477 g/mol. The molecular formula is C33H36FNO3. The first kappa shape index (κ1) is 27.5. The molecule has 0 saturated carbocycles. The summed E-state index contributed by atoms with van der Waals surface area (Å²) in [5.74, 6) is -0.300. The molecule has 3 aromatic carbocycles. The third-order valence-corrected chi connectivity index (χ3v) is 6.82. The van der Waals surface area contributed by atoms with Gasteiger partial charge in [-0.1, -0.05) is 74.5 Å². The fourth-order valence-corrected chi connectivity index (χ4v) is 5.20. The molecule has 0 spiro atoms. The average Bonchev–Trinajstić information content (AvgIpc) is 3.24. The number of benzene rings is 3. The van der Waals surface area contributed by atoms with Crippen LogP contribution in [0.5, 0.6) is 0 Å². The minimum absolute atomic E-state index is 0.00953. The predicted molar refractivity (Wildman–Crippen MR) is 151 cm³/mol. The van der Waals surface area contributed by atoms with Gasteiger partial charge < -0.3 is 14.8 Å². The molecule has 0 radical (unpaired) electrons. The van der Waals surface area contributed by atoms with Crippen molar-refractivity contribution in [2.24, 2.45) is 0 Å². The maximum atomic E-state index is 14.1. The first-order valence-corrected chi connectivity index (χ1v) is 13.3. The summed E-state index contributed by atoms with van der Waals surface area (Å²) in [5.41, 5.74) is 5.87. The number of carbonyl (C=O) groups excluding carboxylic acids is 1. The molecule has 4 nitrogen and oxygen atoms in total. The molecule has 0 aliphatic carbocycles. The number of hydrogen-bond acceptors (Lipinski definition) is 3. The van der Waals surface area contributed by atoms with Crippen LogP contribution < -0.4 is 0 Å². The van der Waals surface area contributed by atoms with Crippen LogP contribution in [-0.2, 0) is 13.0 Å². The molecule has 1 heterocycles. The third-order valence-electron chi connectivity index (χ3n) is 6.82. The van der Waals surface area contributed by atoms with E-state index in [1.54, 1.807) is 19.1 Å². The van der Waals surface area contributed by atoms with Gasteiger partial charge in [0.15, 0.2) is 5.78 Å². The molecule has 4 aromatic rings. The molecule has 198 valence electrons. The smallest absolute Gasteiger partial charge is 0.169 e. The highest BCUT2D eigenvalue weighted by Crippen LogP contribution is 2.43. The monoisotopic (exact) mass is 513 g/mol. The first-order valence-electron chi connectivity index (χ1n) is 13.3. The molecule has 2 N–H and O–H groups in total. The summed E-state index contributed by atoms with van der Waals surface area (Å²) < 4.78 is 16.1. The fraction of sp³-hybridized carbons (Fsp3) is 0.303. The minimum Gasteiger partial charge on any atom is -0.393 e. The van der Waals surface area contributed by atoms with Gasteiger partial charge in [0.25, 0.3) is 0 Å². The highest BCUT2D eigenvalue weighted by Gasteiger charge is 2.30. The molecule has 0 fully saturated rings. The van der Waals surface area contributed by atoms with Gasteiger partial charge in [0.1, 0.15) is 5.82 Å². The van der Waals surface area contributed by atoms with Crippen LogP contribution in [0.3, 0.4) is 0 Å². The van der Waals surface area contributed by atoms with Crippen molar-refractivity contribution in [3.8, 4) is 22.4 Å². The van der Waals surface area contributed by atoms with E-state index in [-0.39, 0.29) is 30.4 Å². The number of hydrogen-bond donors (Lipinski definition) is 2. The van der Waals surface area contributed by atoms with Crippen LogP contribution in [0.1, 0.15) is 61.1 Å². The normalized spacial score (nSPS) is 13.0. The Morgan fingerprint density at radius 1 is 0.842 bits per heavy atom. The van der Waals surface area contributed by atoms with E-state index in [1.807, 2.05) is 60.7 Å². The Morgan fingerprint density at radius 2 is 1.45 bits per heavy atom. The van der Waals surface area contributed by atoms with Crippen molar-refractivity contribution in [2.75, 3.05) is 0 Å². The molecule has 0 aliphatic rings. The SMILES string of the molecule is CC(C)c1c(C(=O)Cc2ccccc2)c(-c2ccccc2)c(-c2ccc(F)cc2)n1CC[C@@H](O)C[C@H](C)O. The minimum atomic E-state index is -0.692. The molecule has 0 aliphatic heterocycles. The molecule has 2 atom stereocenters. The molecule has 0 amide bonds. The largest absolute Gasteiger partial charge is 0.393 e. The second kappa shape index (κ2) is 12.3. The van der Waals surface area contributed by atoms with E-state index in [0.717, 1.165) is 33.6 Å². The Morgan fingerprint density at radius 3 is 2.03 bits per heavy atom. The van der Waals surface area contributed by atoms with Gasteiger partial charge in [-0.3, -0.25) is 4.79 Å². The van der Waals surface area contributed by atoms with Gasteiger partial charge in [-0.2, -0.15) is 0 Å². The first-order chi connectivity index (χ1) is 18.3. The summed E-state index contributed by atoms with van der Waals surface area (Å²) in [6, 6.07) is 25.9. The average molecular weight is 514 g/mol. The van der Waals surface area contributed by atoms with Crippen molar-refractivity contribution >= 4 is 5.78 Å². The van der Waals surface area contributed by atoms with Crippen LogP contribution in [0.4, 0.5) is 4.39 Å². The molecule has 38 heavy (non-hydrogen) atoms. The van der Waals surface area contributed by atoms with E-state index in [9.17, 15) is 19.4 Å². The second-order valence-electron chi connectivity index (χ2n) is 10.3. The van der Waals surface area contributed by atoms with Crippen molar-refractivity contribution in [1.82, 2.24) is 4.57 Å². The third kappa shape index (κ3) is 6.29. The number of rotatable bonds is 11. The van der Waals surface area contributed by atoms with Crippen molar-refractivity contribution in [2.45, 2.75) is 64.7 Å². The summed E-state index contributed by atoms with van der Waals surface area (Å²) in [4.78, 5) is 14.1. The van der Waals surface area contributed by atoms with Crippen LogP contribution >= 0.6 is 0 Å². The van der Waals surface area contributed by atoms with E-state index in [4.69, 9.17) is 0 Å². The summed E-state index contributed by atoms with van der Waals surface area (Å²) in [7, 11) is 0. The van der Waals surface area contributed by atoms with E-state index in [0.29, 0.717) is 18.5 Å². The van der Waals surface area contributed by atoms with Crippen LogP contribution in [0, 0.1) is 5.82 Å². The maximum absolute atomic E-state index is 14.1. The summed E-state index contributed by atoms with van der Waals surface area (Å²) in [5, 5.41) is 20.4. The molecule has 1 aromatic heterocycles. The van der Waals surface area contributed by atoms with Gasteiger partial charge >= 0.3 is 0 Å². The number of ketones is 1. The van der Waals surface area contributed by atoms with Gasteiger partial charge in [-0.15, -0.1) is 0 Å². The molecule has 0 bridgehead atoms. The quantitative estimate of drug-likeness (QED) is 0.212. The predicted octanol–water partition coefficient (Wildman–Crippen LogP) is 7.03. The van der Waals surface area contributed by atoms with Crippen LogP contribution in [0.2, 0.25) is 0 Å². The topological polar surface area (TPSA) is 62.5 Å². The number of nitrogens with zero attached hydrogens (tertiary/aromatic N) is 1. The van der Waals surface area contributed by atoms with E-state index >= 15 is 0 Å². The van der Waals surface area contributed by atoms with Crippen molar-refractivity contribution < 1.29 is 19.4 Å². The Kier molecular flexibility index (Phi) is 8.93. The number of aromatic nitrogens is 1. The lowest BCUT2D eigenvalue weighted by molar-refractivity contribution is 0.0822. The maximum Gasteiger partial charge on any atom is 0.169 e. The zero-order chi connectivity index (χ0) is 27.2. The van der Waals surface area contributed by atoms with Gasteiger partial charge in [-0.25, -0.2) is 4.39 Å². The van der Waals surface area contributed by atoms with Crippen molar-refractivity contribution in [1.29, 1.82) is 0 Å². The Hall–Kier alpha value is -3.54. The van der Waals surface area contributed by atoms with E-state index < -0.39 is 12.2 Å². The lowest BCUT2D eigenvalue weighted by Crippen LogP contribution is -2.19. The van der Waals surface area contributed by atoms with Crippen molar-refractivity contribution in [3.63, 3.8) is 0 Å². The summed E-state index contributed by atoms with van der Waals surface area (Å²) in [6.07, 6.45) is -0.359. The van der Waals surface area contributed by atoms with Crippen LogP contribution in [-0.4, -0.2) is 32.8 Å². The molecule has 5 heteroatoms. The van der Waals surface area contributed by atoms with Crippen molar-refractivity contribution in [3.05, 3.63) is 108 Å². The molecule has 4 rings (SSSR count). The Balaban J connectivity index is 1.97. The Bertz CT molecular complexity index is 1340. The van der Waals surface area contributed by atoms with Gasteiger partial charge in [0, 0.05) is 29.8 Å². The number of halogens is 1. The number of carbonyl (C=O) groups is 1. The van der Waals surface area contributed by atoms with Crippen LogP contribution in [0.25, 0.3) is 22.4 Å². The molecule has 0 saturated heterocycles. The highest BCUT2D eigenvalue weighted by atomic mass is 19.1. The summed E-state index contributed by atoms with van der Waals surface area (Å²) >= 11 is 0. The van der Waals surface area contributed by atoms with Gasteiger partial charge in [-0.05, 0) is 66.6 Å². The summed E-state index contributed by atoms with van der Waals surface area (Å²) in [6.45, 7) is 6.25. The number of Topliss-reactive ketones (excluding diaryl/α,β-unsaturated/α-hetero) is 1. The van der Waals surface area contributed by atoms with Gasteiger partial charge in [0.2, 0.25) is 0 Å². The number of aliphatic hydroxyl groups excluding tert-OH is 2. The lowest BCUT2D eigenvalue weighted by Gasteiger charge is -2.19. The van der Waals surface area contributed by atoms with E-state index in [1.165, 1.54) is 12.1 Å². The van der Waals surface area contributed by atoms with Gasteiger partial charge in [0.05, 0.1) is 17.9 Å². The standard InChI is InChI=1S/C33H36FNO3/c1-22(2)32-31(29(38)21-24-10-6-4-7-11-24)30(25-12-8-5-9-13-25)33(26-14-16-27(34)17-15-26)35(32)19-18-28(37)20-23(3)36/h4-17,22-23,28,36-37H,18-21H2,1-3H3/t23-,28+/m0/s1. The van der Waals surface area contributed by atoms with E-state index in [2.05, 4.69) is 18.4 Å². The Labute approximate surface area is 224 Å². The zero-order valence-electron chi connectivity index (χ0n) is 22.3. The number of aliphatic hydroxyl groups is 2. The lowest BCUT2D eigenvalue weighted by atomic mass is 9.90. The zero-order valence-corrected chi connectivity index (χ0v) is 22.3. The fourth-order valence-electron chi connectivity index (χ4n) is 5.20. The molecule has 0 unspecified atom stereocenters. The van der Waals surface area contributed by atoms with Crippen LogP contribution in [0.15, 0.2) is 84.9 Å². The second-order valence-corrected chi connectivity index (χ2v) is 10.3. The highest BCUT2D eigenvalue weighted by molar-refractivity contribution is 6.08.